The average molecular weight is 562 g/mol. The molecular weight excluding hydrogens is 542 g/mol. The van der Waals surface area contributed by atoms with Crippen LogP contribution in [-0.4, -0.2) is 0 Å². The van der Waals surface area contributed by atoms with Crippen molar-refractivity contribution in [3.63, 3.8) is 0 Å². The minimum Gasteiger partial charge on any atom is -0.456 e. The molecule has 2 heterocycles. The van der Waals surface area contributed by atoms with Gasteiger partial charge < -0.3 is 8.83 Å². The molecule has 0 atom stereocenters. The normalized spacial score (nSPS) is 11.1. The first-order valence-electron chi connectivity index (χ1n) is 14.0. The van der Waals surface area contributed by atoms with E-state index in [4.69, 9.17) is 8.83 Å². The molecule has 0 bridgehead atoms. The summed E-state index contributed by atoms with van der Waals surface area (Å²) in [5.41, 5.74) is 8.93. The van der Waals surface area contributed by atoms with Crippen LogP contribution < -0.4 is 0 Å². The Morgan fingerprint density at radius 2 is 0.909 bits per heavy atom. The summed E-state index contributed by atoms with van der Waals surface area (Å²) in [7, 11) is 0. The molecule has 0 unspecified atom stereocenters. The lowest BCUT2D eigenvalue weighted by Gasteiger charge is -2.17. The van der Waals surface area contributed by atoms with Crippen LogP contribution in [0.2, 0.25) is 0 Å². The molecule has 0 saturated carbocycles. The summed E-state index contributed by atoms with van der Waals surface area (Å²) in [6, 6.07) is 43.4. The third-order valence-corrected chi connectivity index (χ3v) is 8.22. The van der Waals surface area contributed by atoms with Gasteiger partial charge in [0.1, 0.15) is 22.3 Å². The number of benzene rings is 6. The summed E-state index contributed by atoms with van der Waals surface area (Å²) >= 11 is 0. The molecule has 0 N–H and O–H groups in total. The van der Waals surface area contributed by atoms with Crippen LogP contribution >= 0.6 is 0 Å². The van der Waals surface area contributed by atoms with Gasteiger partial charge in [0, 0.05) is 32.7 Å². The van der Waals surface area contributed by atoms with Crippen LogP contribution in [0.4, 0.5) is 0 Å². The molecule has 8 rings (SSSR count). The van der Waals surface area contributed by atoms with Crippen LogP contribution in [0.3, 0.4) is 0 Å². The molecule has 5 nitrogen and oxygen atoms in total. The van der Waals surface area contributed by atoms with Crippen LogP contribution in [-0.2, 0) is 0 Å². The molecule has 0 aliphatic heterocycles. The third kappa shape index (κ3) is 3.70. The van der Waals surface area contributed by atoms with Gasteiger partial charge >= 0.3 is 0 Å². The van der Waals surface area contributed by atoms with Crippen molar-refractivity contribution in [2.75, 3.05) is 0 Å². The maximum absolute atomic E-state index is 10.6. The number of nitrogens with zero attached hydrogens (tertiary/aromatic N) is 3. The van der Waals surface area contributed by atoms with Gasteiger partial charge in [-0.25, -0.2) is 0 Å². The maximum Gasteiger partial charge on any atom is 0.136 e. The molecule has 2 aromatic heterocycles. The van der Waals surface area contributed by atoms with Crippen LogP contribution in [0.15, 0.2) is 124 Å². The molecule has 0 aliphatic rings. The van der Waals surface area contributed by atoms with Crippen LogP contribution in [0.1, 0.15) is 16.7 Å². The van der Waals surface area contributed by atoms with Gasteiger partial charge in [-0.3, -0.25) is 0 Å². The van der Waals surface area contributed by atoms with E-state index >= 15 is 0 Å². The van der Waals surface area contributed by atoms with Crippen molar-refractivity contribution < 1.29 is 8.83 Å². The number of fused-ring (bicyclic) bond motifs is 6. The molecule has 0 radical (unpaired) electrons. The molecule has 0 fully saturated rings. The summed E-state index contributed by atoms with van der Waals surface area (Å²) in [6.45, 7) is 0. The van der Waals surface area contributed by atoms with E-state index in [1.807, 2.05) is 103 Å². The predicted molar refractivity (Wildman–Crippen MR) is 171 cm³/mol. The van der Waals surface area contributed by atoms with Crippen molar-refractivity contribution in [3.8, 4) is 51.6 Å². The van der Waals surface area contributed by atoms with E-state index in [0.29, 0.717) is 22.3 Å². The highest BCUT2D eigenvalue weighted by Gasteiger charge is 2.22. The van der Waals surface area contributed by atoms with E-state index in [9.17, 15) is 15.8 Å². The van der Waals surface area contributed by atoms with E-state index in [1.165, 1.54) is 0 Å². The first-order chi connectivity index (χ1) is 21.7. The van der Waals surface area contributed by atoms with Crippen molar-refractivity contribution in [1.29, 1.82) is 15.8 Å². The Hall–Kier alpha value is -6.61. The molecule has 0 aliphatic carbocycles. The van der Waals surface area contributed by atoms with Gasteiger partial charge in [-0.15, -0.1) is 0 Å². The van der Waals surface area contributed by atoms with E-state index in [0.717, 1.165) is 71.7 Å². The third-order valence-electron chi connectivity index (χ3n) is 8.22. The highest BCUT2D eigenvalue weighted by molar-refractivity contribution is 6.16. The molecule has 5 heteroatoms. The van der Waals surface area contributed by atoms with E-state index in [2.05, 4.69) is 18.2 Å². The summed E-state index contributed by atoms with van der Waals surface area (Å²) in [4.78, 5) is 0. The molecular formula is C39H19N3O2. The lowest BCUT2D eigenvalue weighted by Crippen LogP contribution is -1.95. The number of nitriles is 3. The fourth-order valence-corrected chi connectivity index (χ4v) is 6.30. The van der Waals surface area contributed by atoms with Gasteiger partial charge in [-0.2, -0.15) is 15.8 Å². The molecule has 8 aromatic rings. The Kier molecular flexibility index (Phi) is 5.56. The molecule has 202 valence electrons. The zero-order chi connectivity index (χ0) is 29.8. The van der Waals surface area contributed by atoms with E-state index in [-0.39, 0.29) is 0 Å². The zero-order valence-electron chi connectivity index (χ0n) is 23.1. The minimum absolute atomic E-state index is 0.372. The Morgan fingerprint density at radius 3 is 1.50 bits per heavy atom. The van der Waals surface area contributed by atoms with Crippen LogP contribution in [0.25, 0.3) is 77.3 Å². The topological polar surface area (TPSA) is 97.7 Å². The fourth-order valence-electron chi connectivity index (χ4n) is 6.30. The predicted octanol–water partition coefficient (Wildman–Crippen LogP) is 10.1. The van der Waals surface area contributed by atoms with Gasteiger partial charge in [0.25, 0.3) is 0 Å². The number of hydrogen-bond acceptors (Lipinski definition) is 5. The van der Waals surface area contributed by atoms with Crippen LogP contribution in [0.5, 0.6) is 0 Å². The molecule has 0 saturated heterocycles. The SMILES string of the molecule is N#Cc1ccc(-c2cc(-c3cccc4oc5ccccc5c34)c(C#N)cc2-c2cccc3oc4ccccc4c23)c(C#N)c1. The van der Waals surface area contributed by atoms with Crippen LogP contribution in [0, 0.1) is 34.0 Å². The standard InChI is InChI=1S/C39H19N3O2/c40-20-23-15-16-26(24(17-23)21-41)33-19-31(27-9-5-13-36-38(27)29-7-1-3-11-34(29)43-36)25(22-42)18-32(33)28-10-6-14-37-39(28)30-8-2-4-12-35(30)44-37/h1-19H. The van der Waals surface area contributed by atoms with Gasteiger partial charge in [0.2, 0.25) is 0 Å². The van der Waals surface area contributed by atoms with Gasteiger partial charge in [0.15, 0.2) is 0 Å². The smallest absolute Gasteiger partial charge is 0.136 e. The van der Waals surface area contributed by atoms with Crippen molar-refractivity contribution in [2.45, 2.75) is 0 Å². The number of rotatable bonds is 3. The largest absolute Gasteiger partial charge is 0.456 e. The Bertz CT molecular complexity index is 2600. The second kappa shape index (κ2) is 9.74. The number of furan rings is 2. The van der Waals surface area contributed by atoms with Crippen molar-refractivity contribution in [3.05, 3.63) is 132 Å². The Morgan fingerprint density at radius 1 is 0.386 bits per heavy atom. The molecule has 6 aromatic carbocycles. The second-order valence-corrected chi connectivity index (χ2v) is 10.6. The van der Waals surface area contributed by atoms with Gasteiger partial charge in [-0.05, 0) is 70.8 Å². The number of para-hydroxylation sites is 2. The Balaban J connectivity index is 1.51. The van der Waals surface area contributed by atoms with Crippen molar-refractivity contribution in [1.82, 2.24) is 0 Å². The molecule has 44 heavy (non-hydrogen) atoms. The highest BCUT2D eigenvalue weighted by Crippen LogP contribution is 2.45. The summed E-state index contributed by atoms with van der Waals surface area (Å²) in [5.74, 6) is 0. The lowest BCUT2D eigenvalue weighted by atomic mass is 9.84. The van der Waals surface area contributed by atoms with E-state index < -0.39 is 0 Å². The highest BCUT2D eigenvalue weighted by atomic mass is 16.3. The van der Waals surface area contributed by atoms with Gasteiger partial charge in [0.05, 0.1) is 34.9 Å². The van der Waals surface area contributed by atoms with Crippen molar-refractivity contribution >= 4 is 43.9 Å². The lowest BCUT2D eigenvalue weighted by molar-refractivity contribution is 0.668. The van der Waals surface area contributed by atoms with Crippen molar-refractivity contribution in [2.24, 2.45) is 0 Å². The maximum atomic E-state index is 10.6. The first kappa shape index (κ1) is 25.1. The first-order valence-corrected chi connectivity index (χ1v) is 14.0. The Labute approximate surface area is 251 Å². The zero-order valence-corrected chi connectivity index (χ0v) is 23.1. The average Bonchev–Trinajstić information content (AvgIpc) is 3.66. The quantitative estimate of drug-likeness (QED) is 0.214. The minimum atomic E-state index is 0.372. The second-order valence-electron chi connectivity index (χ2n) is 10.6. The molecule has 0 spiro atoms. The monoisotopic (exact) mass is 561 g/mol. The van der Waals surface area contributed by atoms with Gasteiger partial charge in [-0.1, -0.05) is 66.7 Å². The summed E-state index contributed by atoms with van der Waals surface area (Å²) < 4.78 is 12.4. The summed E-state index contributed by atoms with van der Waals surface area (Å²) in [6.07, 6.45) is 0. The molecule has 0 amide bonds. The summed E-state index contributed by atoms with van der Waals surface area (Å²) in [5, 5.41) is 34.1. The fraction of sp³-hybridized carbons (Fsp3) is 0. The van der Waals surface area contributed by atoms with E-state index in [1.54, 1.807) is 12.1 Å². The number of hydrogen-bond donors (Lipinski definition) is 0.